The van der Waals surface area contributed by atoms with Crippen LogP contribution in [-0.4, -0.2) is 0 Å². The van der Waals surface area contributed by atoms with Crippen LogP contribution in [0.4, 0.5) is 17.1 Å². The average Bonchev–Trinajstić information content (AvgIpc) is 2.30. The lowest BCUT2D eigenvalue weighted by Crippen LogP contribution is -1.98. The van der Waals surface area contributed by atoms with Gasteiger partial charge in [0.1, 0.15) is 0 Å². The van der Waals surface area contributed by atoms with E-state index in [-0.39, 0.29) is 0 Å². The minimum atomic E-state index is 0.570. The normalized spacial score (nSPS) is 10.3. The number of benzene rings is 2. The van der Waals surface area contributed by atoms with E-state index >= 15 is 0 Å². The van der Waals surface area contributed by atoms with Gasteiger partial charge in [-0.15, -0.1) is 0 Å². The Morgan fingerprint density at radius 2 is 1.82 bits per heavy atom. The van der Waals surface area contributed by atoms with Gasteiger partial charge in [0.05, 0.1) is 16.4 Å². The number of hydrogen-bond donors (Lipinski definition) is 2. The molecule has 17 heavy (non-hydrogen) atoms. The van der Waals surface area contributed by atoms with Crippen molar-refractivity contribution in [3.8, 4) is 0 Å². The second-order valence-electron chi connectivity index (χ2n) is 4.14. The van der Waals surface area contributed by atoms with E-state index in [1.807, 2.05) is 12.1 Å². The van der Waals surface area contributed by atoms with E-state index in [0.717, 1.165) is 11.4 Å². The molecule has 3 N–H and O–H groups in total. The molecule has 0 spiro atoms. The molecular formula is C14H15ClN2. The van der Waals surface area contributed by atoms with Gasteiger partial charge in [-0.25, -0.2) is 0 Å². The topological polar surface area (TPSA) is 38.0 Å². The Bertz CT molecular complexity index is 550. The van der Waals surface area contributed by atoms with Crippen LogP contribution >= 0.6 is 11.6 Å². The zero-order chi connectivity index (χ0) is 12.4. The molecule has 2 nitrogen and oxygen atoms in total. The van der Waals surface area contributed by atoms with Crippen molar-refractivity contribution in [2.45, 2.75) is 13.8 Å². The minimum Gasteiger partial charge on any atom is -0.396 e. The highest BCUT2D eigenvalue weighted by molar-refractivity contribution is 6.33. The summed E-state index contributed by atoms with van der Waals surface area (Å²) < 4.78 is 0. The van der Waals surface area contributed by atoms with Crippen LogP contribution in [0.3, 0.4) is 0 Å². The van der Waals surface area contributed by atoms with E-state index in [2.05, 4.69) is 37.4 Å². The van der Waals surface area contributed by atoms with E-state index in [1.165, 1.54) is 11.1 Å². The van der Waals surface area contributed by atoms with Crippen molar-refractivity contribution in [2.24, 2.45) is 0 Å². The molecule has 0 saturated heterocycles. The molecule has 2 aromatic carbocycles. The molecule has 0 atom stereocenters. The number of para-hydroxylation sites is 1. The van der Waals surface area contributed by atoms with Crippen molar-refractivity contribution in [1.29, 1.82) is 0 Å². The van der Waals surface area contributed by atoms with Gasteiger partial charge in [0, 0.05) is 5.69 Å². The predicted molar refractivity (Wildman–Crippen MR) is 75.1 cm³/mol. The summed E-state index contributed by atoms with van der Waals surface area (Å²) in [4.78, 5) is 0. The van der Waals surface area contributed by atoms with Crippen molar-refractivity contribution in [3.05, 3.63) is 52.5 Å². The lowest BCUT2D eigenvalue weighted by molar-refractivity contribution is 1.38. The third-order valence-electron chi connectivity index (χ3n) is 2.72. The summed E-state index contributed by atoms with van der Waals surface area (Å²) in [6.07, 6.45) is 0. The second kappa shape index (κ2) is 4.68. The average molecular weight is 247 g/mol. The van der Waals surface area contributed by atoms with Gasteiger partial charge in [0.25, 0.3) is 0 Å². The molecule has 0 heterocycles. The van der Waals surface area contributed by atoms with Crippen LogP contribution in [0, 0.1) is 13.8 Å². The molecule has 0 unspecified atom stereocenters. The molecule has 2 rings (SSSR count). The molecule has 0 aliphatic heterocycles. The van der Waals surface area contributed by atoms with Gasteiger partial charge in [-0.1, -0.05) is 29.8 Å². The van der Waals surface area contributed by atoms with E-state index < -0.39 is 0 Å². The fourth-order valence-corrected chi connectivity index (χ4v) is 1.84. The molecular weight excluding hydrogens is 232 g/mol. The fraction of sp³-hybridized carbons (Fsp3) is 0.143. The summed E-state index contributed by atoms with van der Waals surface area (Å²) in [5, 5.41) is 3.88. The van der Waals surface area contributed by atoms with Crippen LogP contribution in [0.2, 0.25) is 5.02 Å². The van der Waals surface area contributed by atoms with Crippen LogP contribution < -0.4 is 11.1 Å². The first-order valence-corrected chi connectivity index (χ1v) is 5.84. The quantitative estimate of drug-likeness (QED) is 0.776. The molecule has 0 saturated carbocycles. The molecule has 2 aromatic rings. The minimum absolute atomic E-state index is 0.570. The molecule has 0 aromatic heterocycles. The van der Waals surface area contributed by atoms with Gasteiger partial charge in [0.2, 0.25) is 0 Å². The number of hydrogen-bond acceptors (Lipinski definition) is 2. The standard InChI is InChI=1S/C14H15ClN2/c1-9-6-7-10(2)13(8-9)17-12-5-3-4-11(15)14(12)16/h3-8,17H,16H2,1-2H3. The maximum Gasteiger partial charge on any atom is 0.0742 e. The Kier molecular flexibility index (Phi) is 3.25. The Labute approximate surface area is 106 Å². The first-order valence-electron chi connectivity index (χ1n) is 5.46. The molecule has 0 aliphatic carbocycles. The summed E-state index contributed by atoms with van der Waals surface area (Å²) in [6, 6.07) is 11.8. The molecule has 0 aliphatic rings. The van der Waals surface area contributed by atoms with Crippen molar-refractivity contribution >= 4 is 28.7 Å². The molecule has 0 fully saturated rings. The van der Waals surface area contributed by atoms with E-state index in [4.69, 9.17) is 17.3 Å². The van der Waals surface area contributed by atoms with Crippen molar-refractivity contribution in [3.63, 3.8) is 0 Å². The third-order valence-corrected chi connectivity index (χ3v) is 3.04. The van der Waals surface area contributed by atoms with E-state index in [9.17, 15) is 0 Å². The van der Waals surface area contributed by atoms with Crippen molar-refractivity contribution in [1.82, 2.24) is 0 Å². The van der Waals surface area contributed by atoms with Gasteiger partial charge in [0.15, 0.2) is 0 Å². The maximum atomic E-state index is 5.99. The van der Waals surface area contributed by atoms with Crippen LogP contribution in [0.1, 0.15) is 11.1 Å². The van der Waals surface area contributed by atoms with Crippen LogP contribution in [-0.2, 0) is 0 Å². The third kappa shape index (κ3) is 2.53. The molecule has 0 radical (unpaired) electrons. The fourth-order valence-electron chi connectivity index (χ4n) is 1.66. The number of aryl methyl sites for hydroxylation is 2. The van der Waals surface area contributed by atoms with Crippen LogP contribution in [0.5, 0.6) is 0 Å². The smallest absolute Gasteiger partial charge is 0.0742 e. The Balaban J connectivity index is 2.38. The Hall–Kier alpha value is -1.67. The zero-order valence-corrected chi connectivity index (χ0v) is 10.7. The summed E-state index contributed by atoms with van der Waals surface area (Å²) in [7, 11) is 0. The first-order chi connectivity index (χ1) is 8.08. The number of nitrogen functional groups attached to an aromatic ring is 1. The highest BCUT2D eigenvalue weighted by Crippen LogP contribution is 2.30. The van der Waals surface area contributed by atoms with Gasteiger partial charge in [-0.3, -0.25) is 0 Å². The monoisotopic (exact) mass is 246 g/mol. The van der Waals surface area contributed by atoms with Crippen LogP contribution in [0.15, 0.2) is 36.4 Å². The summed E-state index contributed by atoms with van der Waals surface area (Å²) in [5.41, 5.74) is 10.8. The van der Waals surface area contributed by atoms with E-state index in [0.29, 0.717) is 10.7 Å². The summed E-state index contributed by atoms with van der Waals surface area (Å²) >= 11 is 5.99. The summed E-state index contributed by atoms with van der Waals surface area (Å²) in [6.45, 7) is 4.12. The lowest BCUT2D eigenvalue weighted by Gasteiger charge is -2.13. The summed E-state index contributed by atoms with van der Waals surface area (Å²) in [5.74, 6) is 0. The van der Waals surface area contributed by atoms with Crippen LogP contribution in [0.25, 0.3) is 0 Å². The lowest BCUT2D eigenvalue weighted by atomic mass is 10.1. The molecule has 0 bridgehead atoms. The number of halogens is 1. The number of anilines is 3. The molecule has 0 amide bonds. The van der Waals surface area contributed by atoms with Gasteiger partial charge >= 0.3 is 0 Å². The molecule has 3 heteroatoms. The number of nitrogens with two attached hydrogens (primary N) is 1. The highest BCUT2D eigenvalue weighted by Gasteiger charge is 2.05. The zero-order valence-electron chi connectivity index (χ0n) is 9.92. The SMILES string of the molecule is Cc1ccc(C)c(Nc2cccc(Cl)c2N)c1. The van der Waals surface area contributed by atoms with Gasteiger partial charge in [-0.05, 0) is 43.2 Å². The first kappa shape index (κ1) is 11.8. The largest absolute Gasteiger partial charge is 0.396 e. The Morgan fingerprint density at radius 1 is 1.06 bits per heavy atom. The van der Waals surface area contributed by atoms with E-state index in [1.54, 1.807) is 6.07 Å². The van der Waals surface area contributed by atoms with Crippen molar-refractivity contribution in [2.75, 3.05) is 11.1 Å². The van der Waals surface area contributed by atoms with Gasteiger partial charge in [-0.2, -0.15) is 0 Å². The highest BCUT2D eigenvalue weighted by atomic mass is 35.5. The number of nitrogens with one attached hydrogen (secondary N) is 1. The maximum absolute atomic E-state index is 5.99. The van der Waals surface area contributed by atoms with Crippen molar-refractivity contribution < 1.29 is 0 Å². The van der Waals surface area contributed by atoms with Gasteiger partial charge < -0.3 is 11.1 Å². The number of rotatable bonds is 2. The molecule has 88 valence electrons. The second-order valence-corrected chi connectivity index (χ2v) is 4.55. The Morgan fingerprint density at radius 3 is 2.59 bits per heavy atom. The predicted octanol–water partition coefficient (Wildman–Crippen LogP) is 4.28.